The van der Waals surface area contributed by atoms with Gasteiger partial charge in [0.1, 0.15) is 5.82 Å². The predicted molar refractivity (Wildman–Crippen MR) is 121 cm³/mol. The minimum absolute atomic E-state index is 0.250. The van der Waals surface area contributed by atoms with E-state index in [0.717, 1.165) is 50.1 Å². The highest BCUT2D eigenvalue weighted by Crippen LogP contribution is 2.29. The summed E-state index contributed by atoms with van der Waals surface area (Å²) in [7, 11) is 0. The van der Waals surface area contributed by atoms with Crippen LogP contribution in [0.15, 0.2) is 79.4 Å². The highest BCUT2D eigenvalue weighted by atomic mass is 19.1. The number of pyridine rings is 2. The third-order valence-electron chi connectivity index (χ3n) is 5.45. The Bertz CT molecular complexity index is 1340. The number of hydrogen-bond donors (Lipinski definition) is 2. The molecule has 0 atom stereocenters. The van der Waals surface area contributed by atoms with Crippen molar-refractivity contribution in [2.45, 2.75) is 13.5 Å². The summed E-state index contributed by atoms with van der Waals surface area (Å²) in [5.74, 6) is -0.250. The van der Waals surface area contributed by atoms with Crippen LogP contribution in [0.4, 0.5) is 10.1 Å². The molecule has 0 radical (unpaired) electrons. The van der Waals surface area contributed by atoms with Gasteiger partial charge in [-0.05, 0) is 53.9 Å². The van der Waals surface area contributed by atoms with Crippen LogP contribution in [0.3, 0.4) is 0 Å². The molecule has 2 aromatic carbocycles. The maximum absolute atomic E-state index is 13.3. The lowest BCUT2D eigenvalue weighted by molar-refractivity contribution is 0.628. The highest BCUT2D eigenvalue weighted by Gasteiger charge is 2.11. The molecule has 2 N–H and O–H groups in total. The summed E-state index contributed by atoms with van der Waals surface area (Å²) in [4.78, 5) is 8.58. The molecule has 0 bridgehead atoms. The summed E-state index contributed by atoms with van der Waals surface area (Å²) in [6.07, 6.45) is 7.23. The molecule has 0 fully saturated rings. The molecule has 0 aliphatic rings. The van der Waals surface area contributed by atoms with Gasteiger partial charge >= 0.3 is 0 Å². The van der Waals surface area contributed by atoms with Crippen molar-refractivity contribution in [1.82, 2.24) is 20.2 Å². The number of nitrogens with zero attached hydrogens (tertiary/aromatic N) is 3. The van der Waals surface area contributed by atoms with Gasteiger partial charge in [0.2, 0.25) is 0 Å². The van der Waals surface area contributed by atoms with Crippen molar-refractivity contribution < 1.29 is 4.39 Å². The van der Waals surface area contributed by atoms with Crippen molar-refractivity contribution >= 4 is 16.6 Å². The van der Waals surface area contributed by atoms with Crippen LogP contribution in [0.5, 0.6) is 0 Å². The van der Waals surface area contributed by atoms with Gasteiger partial charge in [0.15, 0.2) is 0 Å². The van der Waals surface area contributed by atoms with Crippen LogP contribution in [0, 0.1) is 12.7 Å². The van der Waals surface area contributed by atoms with Crippen molar-refractivity contribution in [3.63, 3.8) is 0 Å². The number of aromatic amines is 1. The monoisotopic (exact) mass is 409 g/mol. The first-order valence-corrected chi connectivity index (χ1v) is 10.0. The summed E-state index contributed by atoms with van der Waals surface area (Å²) in [6, 6.07) is 16.7. The number of hydrogen-bond acceptors (Lipinski definition) is 4. The van der Waals surface area contributed by atoms with Crippen LogP contribution < -0.4 is 5.32 Å². The van der Waals surface area contributed by atoms with E-state index >= 15 is 0 Å². The van der Waals surface area contributed by atoms with Gasteiger partial charge in [0.25, 0.3) is 0 Å². The Morgan fingerprint density at radius 1 is 0.903 bits per heavy atom. The number of nitrogens with one attached hydrogen (secondary N) is 2. The Hall–Kier alpha value is -4.06. The zero-order valence-corrected chi connectivity index (χ0v) is 16.9. The number of rotatable bonds is 5. The minimum Gasteiger partial charge on any atom is -0.378 e. The van der Waals surface area contributed by atoms with E-state index in [1.165, 1.54) is 12.1 Å². The molecule has 5 rings (SSSR count). The fraction of sp³-hybridized carbons (Fsp3) is 0.0800. The van der Waals surface area contributed by atoms with Crippen LogP contribution in [0.2, 0.25) is 0 Å². The van der Waals surface area contributed by atoms with Gasteiger partial charge < -0.3 is 5.32 Å². The van der Waals surface area contributed by atoms with E-state index in [-0.39, 0.29) is 5.82 Å². The quantitative estimate of drug-likeness (QED) is 0.388. The van der Waals surface area contributed by atoms with Crippen molar-refractivity contribution in [2.24, 2.45) is 0 Å². The van der Waals surface area contributed by atoms with E-state index in [0.29, 0.717) is 6.54 Å². The molecule has 3 heterocycles. The maximum Gasteiger partial charge on any atom is 0.123 e. The van der Waals surface area contributed by atoms with E-state index in [1.807, 2.05) is 31.3 Å². The van der Waals surface area contributed by atoms with Crippen LogP contribution in [-0.4, -0.2) is 20.2 Å². The Morgan fingerprint density at radius 2 is 1.74 bits per heavy atom. The molecule has 0 aliphatic heterocycles. The fourth-order valence-electron chi connectivity index (χ4n) is 3.72. The Labute approximate surface area is 179 Å². The summed E-state index contributed by atoms with van der Waals surface area (Å²) in [5, 5.41) is 12.1. The summed E-state index contributed by atoms with van der Waals surface area (Å²) >= 11 is 0. The third kappa shape index (κ3) is 3.75. The molecular weight excluding hydrogens is 389 g/mol. The normalized spacial score (nSPS) is 11.0. The molecule has 0 saturated carbocycles. The molecule has 31 heavy (non-hydrogen) atoms. The highest BCUT2D eigenvalue weighted by molar-refractivity contribution is 5.86. The Morgan fingerprint density at radius 3 is 2.55 bits per heavy atom. The number of halogens is 1. The second-order valence-electron chi connectivity index (χ2n) is 7.39. The van der Waals surface area contributed by atoms with E-state index in [2.05, 4.69) is 37.6 Å². The summed E-state index contributed by atoms with van der Waals surface area (Å²) in [5.41, 5.74) is 7.94. The van der Waals surface area contributed by atoms with Crippen LogP contribution in [0.1, 0.15) is 11.3 Å². The van der Waals surface area contributed by atoms with Gasteiger partial charge in [0.05, 0.1) is 29.6 Å². The molecule has 5 aromatic rings. The van der Waals surface area contributed by atoms with Crippen molar-refractivity contribution in [3.8, 4) is 22.3 Å². The van der Waals surface area contributed by atoms with Gasteiger partial charge in [-0.1, -0.05) is 24.3 Å². The zero-order chi connectivity index (χ0) is 21.2. The van der Waals surface area contributed by atoms with Crippen LogP contribution in [0.25, 0.3) is 33.2 Å². The Balaban J connectivity index is 1.42. The Kier molecular flexibility index (Phi) is 4.88. The minimum atomic E-state index is -0.250. The summed E-state index contributed by atoms with van der Waals surface area (Å²) in [6.45, 7) is 2.58. The molecule has 0 aliphatic carbocycles. The smallest absolute Gasteiger partial charge is 0.123 e. The molecule has 0 spiro atoms. The largest absolute Gasteiger partial charge is 0.378 e. The molecule has 0 unspecified atom stereocenters. The molecule has 5 nitrogen and oxygen atoms in total. The lowest BCUT2D eigenvalue weighted by Gasteiger charge is -2.12. The SMILES string of the molecule is Cc1c(NCc2n[nH]c3ccc(-c4cccnc4)cc23)cncc1-c1ccc(F)cc1. The van der Waals surface area contributed by atoms with Gasteiger partial charge in [-0.2, -0.15) is 5.10 Å². The zero-order valence-electron chi connectivity index (χ0n) is 16.9. The number of benzene rings is 2. The molecule has 0 amide bonds. The number of aromatic nitrogens is 4. The number of anilines is 1. The lowest BCUT2D eigenvalue weighted by atomic mass is 10.0. The van der Waals surface area contributed by atoms with Crippen LogP contribution in [-0.2, 0) is 6.54 Å². The molecule has 3 aromatic heterocycles. The molecule has 0 saturated heterocycles. The first kappa shape index (κ1) is 18.9. The van der Waals surface area contributed by atoms with E-state index in [4.69, 9.17) is 0 Å². The van der Waals surface area contributed by atoms with Crippen molar-refractivity contribution in [1.29, 1.82) is 0 Å². The summed E-state index contributed by atoms with van der Waals surface area (Å²) < 4.78 is 13.3. The van der Waals surface area contributed by atoms with Crippen molar-refractivity contribution in [3.05, 3.63) is 96.5 Å². The van der Waals surface area contributed by atoms with E-state index in [9.17, 15) is 4.39 Å². The average molecular weight is 409 g/mol. The van der Waals surface area contributed by atoms with E-state index < -0.39 is 0 Å². The van der Waals surface area contributed by atoms with Crippen LogP contribution >= 0.6 is 0 Å². The predicted octanol–water partition coefficient (Wildman–Crippen LogP) is 5.75. The second kappa shape index (κ2) is 7.99. The molecule has 6 heteroatoms. The number of fused-ring (bicyclic) bond motifs is 1. The number of H-pyrrole nitrogens is 1. The standard InChI is InChI=1S/C25H20FN5/c1-16-22(17-4-7-20(26)8-5-17)13-28-14-24(16)29-15-25-21-11-18(6-9-23(21)30-31-25)19-3-2-10-27-12-19/h2-14,29H,15H2,1H3,(H,30,31). The lowest BCUT2D eigenvalue weighted by Crippen LogP contribution is -2.03. The van der Waals surface area contributed by atoms with Gasteiger partial charge in [-0.15, -0.1) is 0 Å². The third-order valence-corrected chi connectivity index (χ3v) is 5.45. The molecule has 152 valence electrons. The first-order valence-electron chi connectivity index (χ1n) is 10.0. The van der Waals surface area contributed by atoms with Gasteiger partial charge in [-0.3, -0.25) is 15.1 Å². The van der Waals surface area contributed by atoms with Crippen molar-refractivity contribution in [2.75, 3.05) is 5.32 Å². The van der Waals surface area contributed by atoms with E-state index in [1.54, 1.807) is 30.7 Å². The topological polar surface area (TPSA) is 66.5 Å². The fourth-order valence-corrected chi connectivity index (χ4v) is 3.72. The van der Waals surface area contributed by atoms with Gasteiger partial charge in [0, 0.05) is 35.1 Å². The first-order chi connectivity index (χ1) is 15.2. The average Bonchev–Trinajstić information content (AvgIpc) is 3.22. The molecular formula is C25H20FN5. The van der Waals surface area contributed by atoms with Gasteiger partial charge in [-0.25, -0.2) is 4.39 Å². The maximum atomic E-state index is 13.3. The second-order valence-corrected chi connectivity index (χ2v) is 7.39.